The van der Waals surface area contributed by atoms with Crippen molar-refractivity contribution in [2.75, 3.05) is 17.2 Å². The van der Waals surface area contributed by atoms with Gasteiger partial charge in [0.1, 0.15) is 11.7 Å². The summed E-state index contributed by atoms with van der Waals surface area (Å²) in [5.41, 5.74) is 1.50. The van der Waals surface area contributed by atoms with E-state index in [-0.39, 0.29) is 24.1 Å². The molecule has 1 aromatic heterocycles. The van der Waals surface area contributed by atoms with Crippen LogP contribution in [0.4, 0.5) is 10.8 Å². The Morgan fingerprint density at radius 1 is 1.28 bits per heavy atom. The van der Waals surface area contributed by atoms with Crippen molar-refractivity contribution in [3.05, 3.63) is 40.9 Å². The maximum Gasteiger partial charge on any atom is 0.255 e. The molecule has 1 saturated heterocycles. The fourth-order valence-electron chi connectivity index (χ4n) is 3.81. The van der Waals surface area contributed by atoms with E-state index in [4.69, 9.17) is 0 Å². The molecule has 8 nitrogen and oxygen atoms in total. The van der Waals surface area contributed by atoms with E-state index >= 15 is 0 Å². The molecule has 3 N–H and O–H groups in total. The zero-order chi connectivity index (χ0) is 20.6. The SMILES string of the molecule is Cc1csc(NC(=O)[C@@H](C)N2CC[C@]3(CCC2=O)NC(=O)c2ccccc2N3)n1. The first-order chi connectivity index (χ1) is 13.9. The van der Waals surface area contributed by atoms with Gasteiger partial charge in [-0.25, -0.2) is 4.98 Å². The summed E-state index contributed by atoms with van der Waals surface area (Å²) in [6.07, 6.45) is 1.21. The molecule has 152 valence electrons. The quantitative estimate of drug-likeness (QED) is 0.717. The van der Waals surface area contributed by atoms with Gasteiger partial charge in [-0.1, -0.05) is 12.1 Å². The average molecular weight is 414 g/mol. The Bertz CT molecular complexity index is 975. The molecule has 0 aliphatic carbocycles. The molecular weight excluding hydrogens is 390 g/mol. The molecule has 0 unspecified atom stereocenters. The number of para-hydroxylation sites is 1. The van der Waals surface area contributed by atoms with Crippen molar-refractivity contribution in [3.8, 4) is 0 Å². The van der Waals surface area contributed by atoms with Crippen molar-refractivity contribution in [2.24, 2.45) is 0 Å². The second-order valence-corrected chi connectivity index (χ2v) is 8.36. The second kappa shape index (κ2) is 7.47. The highest BCUT2D eigenvalue weighted by molar-refractivity contribution is 7.13. The highest BCUT2D eigenvalue weighted by atomic mass is 32.1. The van der Waals surface area contributed by atoms with E-state index in [0.717, 1.165) is 11.4 Å². The highest BCUT2D eigenvalue weighted by Crippen LogP contribution is 2.32. The molecule has 2 atom stereocenters. The van der Waals surface area contributed by atoms with E-state index in [9.17, 15) is 14.4 Å². The van der Waals surface area contributed by atoms with Gasteiger partial charge in [-0.3, -0.25) is 14.4 Å². The van der Waals surface area contributed by atoms with Gasteiger partial charge in [0.25, 0.3) is 5.91 Å². The van der Waals surface area contributed by atoms with E-state index in [1.165, 1.54) is 11.3 Å². The number of amides is 3. The monoisotopic (exact) mass is 413 g/mol. The largest absolute Gasteiger partial charge is 0.362 e. The third-order valence-corrected chi connectivity index (χ3v) is 6.34. The molecule has 3 heterocycles. The lowest BCUT2D eigenvalue weighted by Gasteiger charge is -2.40. The first kappa shape index (κ1) is 19.4. The van der Waals surface area contributed by atoms with Gasteiger partial charge in [0, 0.05) is 30.5 Å². The Labute approximate surface area is 172 Å². The molecule has 2 aliphatic rings. The summed E-state index contributed by atoms with van der Waals surface area (Å²) in [7, 11) is 0. The van der Waals surface area contributed by atoms with Gasteiger partial charge in [-0.2, -0.15) is 0 Å². The maximum absolute atomic E-state index is 12.8. The Kier molecular flexibility index (Phi) is 4.99. The van der Waals surface area contributed by atoms with Gasteiger partial charge in [0.05, 0.1) is 11.3 Å². The molecule has 1 spiro atoms. The van der Waals surface area contributed by atoms with Crippen molar-refractivity contribution in [1.29, 1.82) is 0 Å². The number of likely N-dealkylation sites (tertiary alicyclic amines) is 1. The summed E-state index contributed by atoms with van der Waals surface area (Å²) >= 11 is 1.35. The fraction of sp³-hybridized carbons (Fsp3) is 0.400. The minimum absolute atomic E-state index is 0.102. The lowest BCUT2D eigenvalue weighted by atomic mass is 9.95. The number of rotatable bonds is 3. The minimum atomic E-state index is -0.696. The van der Waals surface area contributed by atoms with E-state index < -0.39 is 11.7 Å². The van der Waals surface area contributed by atoms with Crippen LogP contribution >= 0.6 is 11.3 Å². The van der Waals surface area contributed by atoms with Gasteiger partial charge >= 0.3 is 0 Å². The van der Waals surface area contributed by atoms with Crippen molar-refractivity contribution < 1.29 is 14.4 Å². The van der Waals surface area contributed by atoms with Gasteiger partial charge in [-0.15, -0.1) is 11.3 Å². The van der Waals surface area contributed by atoms with Gasteiger partial charge in [0.2, 0.25) is 11.8 Å². The lowest BCUT2D eigenvalue weighted by Crippen LogP contribution is -2.58. The van der Waals surface area contributed by atoms with Crippen LogP contribution in [0, 0.1) is 6.92 Å². The number of fused-ring (bicyclic) bond motifs is 1. The number of carbonyl (C=O) groups excluding carboxylic acids is 3. The van der Waals surface area contributed by atoms with E-state index in [0.29, 0.717) is 30.1 Å². The Balaban J connectivity index is 1.48. The Morgan fingerprint density at radius 2 is 2.07 bits per heavy atom. The van der Waals surface area contributed by atoms with Crippen LogP contribution in [0.25, 0.3) is 0 Å². The summed E-state index contributed by atoms with van der Waals surface area (Å²) in [6, 6.07) is 6.70. The first-order valence-corrected chi connectivity index (χ1v) is 10.5. The maximum atomic E-state index is 12.8. The van der Waals surface area contributed by atoms with Gasteiger partial charge in [-0.05, 0) is 32.4 Å². The number of anilines is 2. The predicted molar refractivity (Wildman–Crippen MR) is 111 cm³/mol. The predicted octanol–water partition coefficient (Wildman–Crippen LogP) is 2.34. The van der Waals surface area contributed by atoms with Crippen LogP contribution in [-0.4, -0.2) is 45.9 Å². The summed E-state index contributed by atoms with van der Waals surface area (Å²) in [5, 5.41) is 11.6. The third kappa shape index (κ3) is 3.82. The Morgan fingerprint density at radius 3 is 2.83 bits per heavy atom. The number of nitrogens with one attached hydrogen (secondary N) is 3. The molecule has 0 radical (unpaired) electrons. The number of nitrogens with zero attached hydrogens (tertiary/aromatic N) is 2. The smallest absolute Gasteiger partial charge is 0.255 e. The Hall–Kier alpha value is -2.94. The molecule has 4 rings (SSSR count). The lowest BCUT2D eigenvalue weighted by molar-refractivity contribution is -0.137. The molecule has 1 aromatic carbocycles. The average Bonchev–Trinajstić information content (AvgIpc) is 3.04. The van der Waals surface area contributed by atoms with Crippen LogP contribution in [-0.2, 0) is 9.59 Å². The number of thiazole rings is 1. The molecule has 29 heavy (non-hydrogen) atoms. The van der Waals surface area contributed by atoms with Crippen LogP contribution < -0.4 is 16.0 Å². The van der Waals surface area contributed by atoms with Crippen molar-refractivity contribution in [3.63, 3.8) is 0 Å². The zero-order valence-electron chi connectivity index (χ0n) is 16.3. The van der Waals surface area contributed by atoms with Crippen LogP contribution in [0.3, 0.4) is 0 Å². The molecular formula is C20H23N5O3S. The van der Waals surface area contributed by atoms with Crippen LogP contribution in [0.1, 0.15) is 42.2 Å². The summed E-state index contributed by atoms with van der Waals surface area (Å²) < 4.78 is 0. The van der Waals surface area contributed by atoms with Crippen molar-refractivity contribution in [2.45, 2.75) is 44.8 Å². The third-order valence-electron chi connectivity index (χ3n) is 5.46. The van der Waals surface area contributed by atoms with Crippen LogP contribution in [0.2, 0.25) is 0 Å². The highest BCUT2D eigenvalue weighted by Gasteiger charge is 2.41. The summed E-state index contributed by atoms with van der Waals surface area (Å²) in [5.74, 6) is -0.519. The number of hydrogen-bond acceptors (Lipinski definition) is 6. The van der Waals surface area contributed by atoms with E-state index in [1.54, 1.807) is 17.9 Å². The first-order valence-electron chi connectivity index (χ1n) is 9.59. The van der Waals surface area contributed by atoms with Crippen molar-refractivity contribution in [1.82, 2.24) is 15.2 Å². The number of aryl methyl sites for hydroxylation is 1. The standard InChI is InChI=1S/C20H23N5O3S/c1-12-11-29-19(21-12)22-17(27)13(2)25-10-9-20(8-7-16(25)26)23-15-6-4-3-5-14(15)18(28)24-20/h3-6,11,13,23H,7-10H2,1-2H3,(H,24,28)(H,21,22,27)/t13-,20+/m1/s1. The second-order valence-electron chi connectivity index (χ2n) is 7.50. The summed E-state index contributed by atoms with van der Waals surface area (Å²) in [4.78, 5) is 43.8. The topological polar surface area (TPSA) is 103 Å². The minimum Gasteiger partial charge on any atom is -0.362 e. The molecule has 2 aromatic rings. The molecule has 0 bridgehead atoms. The van der Waals surface area contributed by atoms with Gasteiger partial charge in [0.15, 0.2) is 5.13 Å². The number of carbonyl (C=O) groups is 3. The number of hydrogen-bond donors (Lipinski definition) is 3. The molecule has 0 saturated carbocycles. The van der Waals surface area contributed by atoms with Crippen LogP contribution in [0.5, 0.6) is 0 Å². The summed E-state index contributed by atoms with van der Waals surface area (Å²) in [6.45, 7) is 3.94. The molecule has 1 fully saturated rings. The van der Waals surface area contributed by atoms with E-state index in [2.05, 4.69) is 20.9 Å². The number of aromatic nitrogens is 1. The molecule has 3 amide bonds. The fourth-order valence-corrected chi connectivity index (χ4v) is 4.50. The molecule has 9 heteroatoms. The zero-order valence-corrected chi connectivity index (χ0v) is 17.1. The van der Waals surface area contributed by atoms with E-state index in [1.807, 2.05) is 30.5 Å². The van der Waals surface area contributed by atoms with Crippen molar-refractivity contribution >= 4 is 39.9 Å². The van der Waals surface area contributed by atoms with Gasteiger partial charge < -0.3 is 20.9 Å². The molecule has 2 aliphatic heterocycles. The normalized spacial score (nSPS) is 22.3. The van der Waals surface area contributed by atoms with Crippen LogP contribution in [0.15, 0.2) is 29.6 Å². The number of benzene rings is 1.